The Balaban J connectivity index is 1.54. The monoisotopic (exact) mass is 571 g/mol. The minimum absolute atomic E-state index is 0.0123. The number of nitrogens with zero attached hydrogens (tertiary/aromatic N) is 1. The molecule has 0 aromatic heterocycles. The fourth-order valence-electron chi connectivity index (χ4n) is 5.78. The molecule has 0 N–H and O–H groups in total. The molecule has 0 saturated heterocycles. The number of carbonyl (C=O) groups is 1. The van der Waals surface area contributed by atoms with E-state index in [0.29, 0.717) is 22.8 Å². The first-order chi connectivity index (χ1) is 20.1. The average molecular weight is 572 g/mol. The van der Waals surface area contributed by atoms with E-state index in [9.17, 15) is 0 Å². The zero-order valence-corrected chi connectivity index (χ0v) is 23.7. The minimum atomic E-state index is -1.11. The number of para-hydroxylation sites is 1. The smallest absolute Gasteiger partial charge is 0.266 e. The number of halogens is 1. The van der Waals surface area contributed by atoms with Crippen LogP contribution in [0.15, 0.2) is 144 Å². The molecule has 2 aliphatic heterocycles. The van der Waals surface area contributed by atoms with Crippen molar-refractivity contribution in [1.29, 1.82) is 0 Å². The van der Waals surface area contributed by atoms with Crippen molar-refractivity contribution in [3.8, 4) is 0 Å². The van der Waals surface area contributed by atoms with Gasteiger partial charge in [-0.05, 0) is 35.4 Å². The van der Waals surface area contributed by atoms with Crippen LogP contribution in [0.4, 0.5) is 5.69 Å². The molecule has 41 heavy (non-hydrogen) atoms. The molecule has 200 valence electrons. The van der Waals surface area contributed by atoms with Crippen LogP contribution in [0.3, 0.4) is 0 Å². The fraction of sp³-hybridized carbons (Fsp3) is 0.0833. The third kappa shape index (κ3) is 4.54. The van der Waals surface area contributed by atoms with Gasteiger partial charge >= 0.3 is 0 Å². The van der Waals surface area contributed by atoms with Crippen molar-refractivity contribution >= 4 is 46.3 Å². The van der Waals surface area contributed by atoms with Crippen LogP contribution in [0, 0.1) is 0 Å². The first kappa shape index (κ1) is 25.7. The van der Waals surface area contributed by atoms with E-state index in [0.717, 1.165) is 32.8 Å². The standard InChI is InChI=1S/C36H26ClNO2S/c37-29-22-20-25(21-23-29)32-24-36(28-16-8-3-9-17-28)38(30-18-10-11-19-31(30)41-32)35(39)33(26-12-4-1-5-13-26)34(40-36)27-14-6-2-7-15-27/h1-23,32H,24H2. The fourth-order valence-corrected chi connectivity index (χ4v) is 7.26. The molecule has 0 radical (unpaired) electrons. The molecule has 7 rings (SSSR count). The summed E-state index contributed by atoms with van der Waals surface area (Å²) in [6, 6.07) is 46.1. The zero-order valence-electron chi connectivity index (χ0n) is 22.1. The number of fused-ring (bicyclic) bond motifs is 3. The van der Waals surface area contributed by atoms with Crippen molar-refractivity contribution in [1.82, 2.24) is 0 Å². The first-order valence-corrected chi connectivity index (χ1v) is 14.9. The maximum Gasteiger partial charge on any atom is 0.266 e. The summed E-state index contributed by atoms with van der Waals surface area (Å²) in [6.07, 6.45) is 0.530. The second-order valence-corrected chi connectivity index (χ2v) is 11.8. The van der Waals surface area contributed by atoms with Crippen molar-refractivity contribution in [2.45, 2.75) is 22.3 Å². The van der Waals surface area contributed by atoms with Gasteiger partial charge in [-0.3, -0.25) is 9.69 Å². The predicted octanol–water partition coefficient (Wildman–Crippen LogP) is 9.36. The molecule has 2 atom stereocenters. The predicted molar refractivity (Wildman–Crippen MR) is 167 cm³/mol. The molecule has 3 nitrogen and oxygen atoms in total. The lowest BCUT2D eigenvalue weighted by Crippen LogP contribution is -2.55. The third-order valence-electron chi connectivity index (χ3n) is 7.68. The summed E-state index contributed by atoms with van der Waals surface area (Å²) in [5.74, 6) is 0.496. The number of ether oxygens (including phenoxy) is 1. The minimum Gasteiger partial charge on any atom is -0.462 e. The van der Waals surface area contributed by atoms with Gasteiger partial charge in [0.2, 0.25) is 5.72 Å². The van der Waals surface area contributed by atoms with Gasteiger partial charge < -0.3 is 4.74 Å². The number of carbonyl (C=O) groups excluding carboxylic acids is 1. The first-order valence-electron chi connectivity index (χ1n) is 13.6. The van der Waals surface area contributed by atoms with E-state index in [1.807, 2.05) is 114 Å². The molecular weight excluding hydrogens is 546 g/mol. The second-order valence-electron chi connectivity index (χ2n) is 10.2. The molecule has 2 aliphatic rings. The van der Waals surface area contributed by atoms with Crippen molar-refractivity contribution in [3.05, 3.63) is 167 Å². The van der Waals surface area contributed by atoms with Crippen molar-refractivity contribution in [2.24, 2.45) is 0 Å². The molecule has 2 unspecified atom stereocenters. The highest BCUT2D eigenvalue weighted by atomic mass is 35.5. The SMILES string of the molecule is O=C1C(c2ccccc2)=C(c2ccccc2)OC2(c3ccccc3)CC(c3ccc(Cl)cc3)Sc3ccccc3N12. The molecule has 5 aromatic carbocycles. The van der Waals surface area contributed by atoms with Gasteiger partial charge in [0, 0.05) is 32.7 Å². The Bertz CT molecular complexity index is 1740. The molecule has 5 aromatic rings. The van der Waals surface area contributed by atoms with Crippen molar-refractivity contribution in [2.75, 3.05) is 4.90 Å². The van der Waals surface area contributed by atoms with Gasteiger partial charge in [0.15, 0.2) is 0 Å². The van der Waals surface area contributed by atoms with Gasteiger partial charge in [-0.25, -0.2) is 0 Å². The summed E-state index contributed by atoms with van der Waals surface area (Å²) in [5, 5.41) is 0.680. The van der Waals surface area contributed by atoms with E-state index < -0.39 is 5.72 Å². The number of rotatable bonds is 4. The number of amides is 1. The lowest BCUT2D eigenvalue weighted by atomic mass is 9.87. The normalized spacial score (nSPS) is 20.1. The Morgan fingerprint density at radius 2 is 1.29 bits per heavy atom. The van der Waals surface area contributed by atoms with E-state index in [-0.39, 0.29) is 11.2 Å². The van der Waals surface area contributed by atoms with Gasteiger partial charge in [0.05, 0.1) is 11.3 Å². The van der Waals surface area contributed by atoms with Crippen LogP contribution < -0.4 is 4.90 Å². The molecule has 0 aliphatic carbocycles. The number of hydrogen-bond acceptors (Lipinski definition) is 3. The van der Waals surface area contributed by atoms with Gasteiger partial charge in [-0.2, -0.15) is 0 Å². The number of benzene rings is 5. The molecule has 1 amide bonds. The Morgan fingerprint density at radius 3 is 1.98 bits per heavy atom. The van der Waals surface area contributed by atoms with Crippen LogP contribution in [-0.2, 0) is 15.3 Å². The Kier molecular flexibility index (Phi) is 6.66. The summed E-state index contributed by atoms with van der Waals surface area (Å²) in [5.41, 5.74) is 4.01. The molecule has 2 heterocycles. The summed E-state index contributed by atoms with van der Waals surface area (Å²) < 4.78 is 7.35. The van der Waals surface area contributed by atoms with Crippen molar-refractivity contribution in [3.63, 3.8) is 0 Å². The highest BCUT2D eigenvalue weighted by molar-refractivity contribution is 7.99. The summed E-state index contributed by atoms with van der Waals surface area (Å²) >= 11 is 8.04. The molecule has 0 saturated carbocycles. The van der Waals surface area contributed by atoms with Crippen LogP contribution in [-0.4, -0.2) is 5.91 Å². The van der Waals surface area contributed by atoms with Crippen molar-refractivity contribution < 1.29 is 9.53 Å². The van der Waals surface area contributed by atoms with Crippen LogP contribution >= 0.6 is 23.4 Å². The Labute approximate surface area is 249 Å². The van der Waals surface area contributed by atoms with E-state index in [4.69, 9.17) is 16.3 Å². The van der Waals surface area contributed by atoms with Crippen LogP contribution in [0.2, 0.25) is 5.02 Å². The Hall–Kier alpha value is -4.25. The van der Waals surface area contributed by atoms with Gasteiger partial charge in [0.1, 0.15) is 5.76 Å². The molecule has 5 heteroatoms. The lowest BCUT2D eigenvalue weighted by molar-refractivity contribution is -0.120. The van der Waals surface area contributed by atoms with E-state index in [1.165, 1.54) is 0 Å². The molecule has 0 bridgehead atoms. The Morgan fingerprint density at radius 1 is 0.707 bits per heavy atom. The lowest BCUT2D eigenvalue weighted by Gasteiger charge is -2.48. The highest BCUT2D eigenvalue weighted by Gasteiger charge is 2.54. The molecule has 0 fully saturated rings. The van der Waals surface area contributed by atoms with Gasteiger partial charge in [-0.1, -0.05) is 127 Å². The summed E-state index contributed by atoms with van der Waals surface area (Å²) in [4.78, 5) is 18.0. The summed E-state index contributed by atoms with van der Waals surface area (Å²) in [6.45, 7) is 0. The topological polar surface area (TPSA) is 29.5 Å². The van der Waals surface area contributed by atoms with Crippen LogP contribution in [0.25, 0.3) is 11.3 Å². The summed E-state index contributed by atoms with van der Waals surface area (Å²) in [7, 11) is 0. The van der Waals surface area contributed by atoms with Gasteiger partial charge in [0.25, 0.3) is 5.91 Å². The van der Waals surface area contributed by atoms with E-state index in [2.05, 4.69) is 30.3 Å². The zero-order chi connectivity index (χ0) is 27.8. The van der Waals surface area contributed by atoms with E-state index >= 15 is 4.79 Å². The third-order valence-corrected chi connectivity index (χ3v) is 9.25. The molecule has 0 spiro atoms. The van der Waals surface area contributed by atoms with Crippen LogP contribution in [0.1, 0.15) is 33.9 Å². The van der Waals surface area contributed by atoms with Gasteiger partial charge in [-0.15, -0.1) is 11.8 Å². The second kappa shape index (κ2) is 10.6. The highest BCUT2D eigenvalue weighted by Crippen LogP contribution is 2.58. The number of thioether (sulfide) groups is 1. The van der Waals surface area contributed by atoms with Crippen LogP contribution in [0.5, 0.6) is 0 Å². The largest absolute Gasteiger partial charge is 0.462 e. The average Bonchev–Trinajstić information content (AvgIpc) is 3.18. The molecular formula is C36H26ClNO2S. The maximum absolute atomic E-state index is 15.1. The number of anilines is 1. The number of hydrogen-bond donors (Lipinski definition) is 0. The quantitative estimate of drug-likeness (QED) is 0.215. The maximum atomic E-state index is 15.1. The van der Waals surface area contributed by atoms with E-state index in [1.54, 1.807) is 11.8 Å².